The summed E-state index contributed by atoms with van der Waals surface area (Å²) < 4.78 is 6.85. The summed E-state index contributed by atoms with van der Waals surface area (Å²) in [6.45, 7) is 10.00. The van der Waals surface area contributed by atoms with Crippen molar-refractivity contribution in [2.45, 2.75) is 47.5 Å². The number of amides is 1. The van der Waals surface area contributed by atoms with E-state index in [4.69, 9.17) is 9.72 Å². The Morgan fingerprint density at radius 1 is 1.09 bits per heavy atom. The first kappa shape index (κ1) is 22.4. The van der Waals surface area contributed by atoms with Crippen molar-refractivity contribution in [1.82, 2.24) is 19.6 Å². The molecule has 0 unspecified atom stereocenters. The topological polar surface area (TPSA) is 98.5 Å². The maximum atomic E-state index is 12.6. The molecule has 0 saturated heterocycles. The molecule has 0 fully saturated rings. The van der Waals surface area contributed by atoms with Crippen LogP contribution in [0, 0.1) is 27.7 Å². The van der Waals surface area contributed by atoms with Crippen LogP contribution in [-0.4, -0.2) is 38.1 Å². The van der Waals surface area contributed by atoms with Gasteiger partial charge in [0, 0.05) is 29.2 Å². The maximum absolute atomic E-state index is 12.6. The van der Waals surface area contributed by atoms with Gasteiger partial charge >= 0.3 is 5.97 Å². The largest absolute Gasteiger partial charge is 0.462 e. The standard InChI is InChI=1S/C25H27N5O3/c1-6-33-25(32)18-8-7-9-19(13-18)28-21(31)11-10-20-16(4)27-24-22-14(2)12-15(3)26-23(22)29-30(24)17(20)5/h7-9,12-13H,6,10-11H2,1-5H3,(H,28,31). The van der Waals surface area contributed by atoms with Crippen molar-refractivity contribution in [3.8, 4) is 0 Å². The van der Waals surface area contributed by atoms with E-state index in [0.717, 1.165) is 39.2 Å². The first-order chi connectivity index (χ1) is 15.8. The van der Waals surface area contributed by atoms with E-state index < -0.39 is 5.97 Å². The van der Waals surface area contributed by atoms with Crippen LogP contribution in [0.4, 0.5) is 5.69 Å². The number of nitrogens with zero attached hydrogens (tertiary/aromatic N) is 4. The summed E-state index contributed by atoms with van der Waals surface area (Å²) in [4.78, 5) is 33.9. The van der Waals surface area contributed by atoms with Gasteiger partial charge in [0.05, 0.1) is 17.6 Å². The van der Waals surface area contributed by atoms with Crippen LogP contribution in [0.3, 0.4) is 0 Å². The van der Waals surface area contributed by atoms with Gasteiger partial charge in [-0.25, -0.2) is 19.3 Å². The molecule has 33 heavy (non-hydrogen) atoms. The van der Waals surface area contributed by atoms with E-state index in [2.05, 4.69) is 15.4 Å². The van der Waals surface area contributed by atoms with Crippen molar-refractivity contribution in [2.24, 2.45) is 0 Å². The molecule has 0 radical (unpaired) electrons. The van der Waals surface area contributed by atoms with Crippen molar-refractivity contribution in [3.63, 3.8) is 0 Å². The third-order valence-electron chi connectivity index (χ3n) is 5.67. The Morgan fingerprint density at radius 3 is 2.64 bits per heavy atom. The van der Waals surface area contributed by atoms with E-state index in [-0.39, 0.29) is 12.3 Å². The molecule has 8 nitrogen and oxygen atoms in total. The number of rotatable bonds is 6. The number of hydrogen-bond acceptors (Lipinski definition) is 6. The van der Waals surface area contributed by atoms with Gasteiger partial charge in [-0.1, -0.05) is 6.07 Å². The van der Waals surface area contributed by atoms with E-state index in [9.17, 15) is 9.59 Å². The van der Waals surface area contributed by atoms with Crippen molar-refractivity contribution in [3.05, 3.63) is 64.1 Å². The minimum absolute atomic E-state index is 0.145. The molecule has 4 rings (SSSR count). The van der Waals surface area contributed by atoms with E-state index >= 15 is 0 Å². The summed E-state index contributed by atoms with van der Waals surface area (Å²) in [6.07, 6.45) is 0.793. The lowest BCUT2D eigenvalue weighted by molar-refractivity contribution is -0.116. The zero-order valence-corrected chi connectivity index (χ0v) is 19.5. The van der Waals surface area contributed by atoms with E-state index in [1.807, 2.05) is 38.3 Å². The monoisotopic (exact) mass is 445 g/mol. The lowest BCUT2D eigenvalue weighted by Gasteiger charge is -2.12. The summed E-state index contributed by atoms with van der Waals surface area (Å²) in [5, 5.41) is 8.49. The summed E-state index contributed by atoms with van der Waals surface area (Å²) in [6, 6.07) is 8.77. The number of fused-ring (bicyclic) bond motifs is 3. The highest BCUT2D eigenvalue weighted by Crippen LogP contribution is 2.25. The molecule has 1 amide bonds. The average molecular weight is 446 g/mol. The highest BCUT2D eigenvalue weighted by molar-refractivity contribution is 5.95. The first-order valence-electron chi connectivity index (χ1n) is 11.0. The zero-order valence-electron chi connectivity index (χ0n) is 19.5. The Kier molecular flexibility index (Phi) is 6.09. The van der Waals surface area contributed by atoms with E-state index in [1.54, 1.807) is 31.2 Å². The molecule has 0 spiro atoms. The molecular weight excluding hydrogens is 418 g/mol. The predicted molar refractivity (Wildman–Crippen MR) is 127 cm³/mol. The Morgan fingerprint density at radius 2 is 1.88 bits per heavy atom. The fraction of sp³-hybridized carbons (Fsp3) is 0.320. The SMILES string of the molecule is CCOC(=O)c1cccc(NC(=O)CCc2c(C)nc3c4c(C)cc(C)nc4nn3c2C)c1. The number of esters is 1. The smallest absolute Gasteiger partial charge is 0.338 e. The van der Waals surface area contributed by atoms with Crippen molar-refractivity contribution < 1.29 is 14.3 Å². The highest BCUT2D eigenvalue weighted by Gasteiger charge is 2.17. The van der Waals surface area contributed by atoms with Gasteiger partial charge in [0.25, 0.3) is 0 Å². The van der Waals surface area contributed by atoms with Crippen LogP contribution in [0.15, 0.2) is 30.3 Å². The first-order valence-corrected chi connectivity index (χ1v) is 11.0. The molecule has 0 aliphatic carbocycles. The number of nitrogens with one attached hydrogen (secondary N) is 1. The molecule has 0 aliphatic rings. The number of ether oxygens (including phenoxy) is 1. The summed E-state index contributed by atoms with van der Waals surface area (Å²) in [7, 11) is 0. The quantitative estimate of drug-likeness (QED) is 0.445. The number of carbonyl (C=O) groups excluding carboxylic acids is 2. The third-order valence-corrected chi connectivity index (χ3v) is 5.67. The minimum atomic E-state index is -0.411. The van der Waals surface area contributed by atoms with E-state index in [1.165, 1.54) is 0 Å². The number of aromatic nitrogens is 4. The summed E-state index contributed by atoms with van der Waals surface area (Å²) >= 11 is 0. The summed E-state index contributed by atoms with van der Waals surface area (Å²) in [5.41, 5.74) is 7.25. The highest BCUT2D eigenvalue weighted by atomic mass is 16.5. The minimum Gasteiger partial charge on any atom is -0.462 e. The third kappa shape index (κ3) is 4.41. The normalized spacial score (nSPS) is 11.2. The summed E-state index contributed by atoms with van der Waals surface area (Å²) in [5.74, 6) is -0.556. The maximum Gasteiger partial charge on any atom is 0.338 e. The van der Waals surface area contributed by atoms with Gasteiger partial charge in [0.15, 0.2) is 11.3 Å². The van der Waals surface area contributed by atoms with Crippen LogP contribution < -0.4 is 5.32 Å². The number of hydrogen-bond donors (Lipinski definition) is 1. The Hall–Kier alpha value is -3.81. The molecule has 8 heteroatoms. The second-order valence-corrected chi connectivity index (χ2v) is 8.13. The molecular formula is C25H27N5O3. The molecule has 1 aromatic carbocycles. The molecule has 0 aliphatic heterocycles. The second kappa shape index (κ2) is 8.97. The molecule has 0 saturated carbocycles. The molecule has 0 atom stereocenters. The van der Waals surface area contributed by atoms with Gasteiger partial charge < -0.3 is 10.1 Å². The zero-order chi connectivity index (χ0) is 23.7. The van der Waals surface area contributed by atoms with Crippen molar-refractivity contribution >= 4 is 34.2 Å². The molecule has 3 aromatic heterocycles. The number of aryl methyl sites for hydroxylation is 4. The van der Waals surface area contributed by atoms with Gasteiger partial charge in [-0.05, 0) is 76.4 Å². The number of anilines is 1. The van der Waals surface area contributed by atoms with Gasteiger partial charge in [-0.3, -0.25) is 4.79 Å². The van der Waals surface area contributed by atoms with Crippen LogP contribution in [0.25, 0.3) is 16.7 Å². The average Bonchev–Trinajstić information content (AvgIpc) is 3.12. The lowest BCUT2D eigenvalue weighted by atomic mass is 10.1. The fourth-order valence-electron chi connectivity index (χ4n) is 4.13. The van der Waals surface area contributed by atoms with Crippen LogP contribution in [0.1, 0.15) is 51.9 Å². The number of carbonyl (C=O) groups is 2. The lowest BCUT2D eigenvalue weighted by Crippen LogP contribution is -2.15. The van der Waals surface area contributed by atoms with Crippen LogP contribution in [-0.2, 0) is 16.0 Å². The van der Waals surface area contributed by atoms with E-state index in [0.29, 0.717) is 29.9 Å². The van der Waals surface area contributed by atoms with Crippen LogP contribution in [0.5, 0.6) is 0 Å². The predicted octanol–water partition coefficient (Wildman–Crippen LogP) is 4.26. The van der Waals surface area contributed by atoms with Gasteiger partial charge in [-0.2, -0.15) is 0 Å². The number of benzene rings is 1. The Bertz CT molecular complexity index is 1390. The van der Waals surface area contributed by atoms with Crippen LogP contribution in [0.2, 0.25) is 0 Å². The Labute approximate surface area is 192 Å². The molecule has 170 valence electrons. The van der Waals surface area contributed by atoms with Crippen LogP contribution >= 0.6 is 0 Å². The molecule has 1 N–H and O–H groups in total. The van der Waals surface area contributed by atoms with Gasteiger partial charge in [-0.15, -0.1) is 5.10 Å². The van der Waals surface area contributed by atoms with Gasteiger partial charge in [0.2, 0.25) is 5.91 Å². The second-order valence-electron chi connectivity index (χ2n) is 8.13. The van der Waals surface area contributed by atoms with Crippen molar-refractivity contribution in [2.75, 3.05) is 11.9 Å². The molecule has 3 heterocycles. The molecule has 4 aromatic rings. The fourth-order valence-corrected chi connectivity index (χ4v) is 4.13. The van der Waals surface area contributed by atoms with Crippen molar-refractivity contribution in [1.29, 1.82) is 0 Å². The molecule has 0 bridgehead atoms. The number of pyridine rings is 1. The van der Waals surface area contributed by atoms with Gasteiger partial charge in [0.1, 0.15) is 0 Å². The Balaban J connectivity index is 1.54.